The zero-order valence-corrected chi connectivity index (χ0v) is 14.6. The molecular weight excluding hydrogens is 344 g/mol. The number of halogens is 1. The predicted molar refractivity (Wildman–Crippen MR) is 91.8 cm³/mol. The highest BCUT2D eigenvalue weighted by molar-refractivity contribution is 6.30. The maximum atomic E-state index is 12.5. The van der Waals surface area contributed by atoms with Crippen LogP contribution in [0.4, 0.5) is 0 Å². The van der Waals surface area contributed by atoms with E-state index in [1.165, 1.54) is 0 Å². The van der Waals surface area contributed by atoms with Gasteiger partial charge in [0, 0.05) is 18.1 Å². The van der Waals surface area contributed by atoms with Crippen LogP contribution in [0, 0.1) is 5.92 Å². The standard InChI is InChI=1S/C18H21ClN2O4/c19-14-5-3-13(4-6-14)18(7-8-18)17(24)25-11-15(22)21-9-1-2-12(10-21)16(20)23/h3-6,12H,1-2,7-11H2,(H2,20,23)/t12-/m0/s1. The van der Waals surface area contributed by atoms with E-state index in [0.717, 1.165) is 12.0 Å². The Hall–Kier alpha value is -2.08. The molecule has 0 spiro atoms. The number of piperidine rings is 1. The summed E-state index contributed by atoms with van der Waals surface area (Å²) in [5, 5.41) is 0.609. The Bertz CT molecular complexity index is 685. The van der Waals surface area contributed by atoms with Crippen LogP contribution in [0.15, 0.2) is 24.3 Å². The molecule has 25 heavy (non-hydrogen) atoms. The Morgan fingerprint density at radius 2 is 1.92 bits per heavy atom. The van der Waals surface area contributed by atoms with Crippen molar-refractivity contribution in [2.24, 2.45) is 11.7 Å². The summed E-state index contributed by atoms with van der Waals surface area (Å²) in [6.45, 7) is 0.552. The fourth-order valence-electron chi connectivity index (χ4n) is 3.30. The first kappa shape index (κ1) is 17.7. The van der Waals surface area contributed by atoms with Gasteiger partial charge in [0.15, 0.2) is 6.61 Å². The maximum absolute atomic E-state index is 12.5. The van der Waals surface area contributed by atoms with Crippen molar-refractivity contribution in [3.63, 3.8) is 0 Å². The molecule has 0 unspecified atom stereocenters. The lowest BCUT2D eigenvalue weighted by atomic mass is 9.96. The minimum Gasteiger partial charge on any atom is -0.455 e. The number of likely N-dealkylation sites (tertiary alicyclic amines) is 1. The highest BCUT2D eigenvalue weighted by Gasteiger charge is 2.53. The molecule has 2 amide bonds. The molecule has 2 N–H and O–H groups in total. The van der Waals surface area contributed by atoms with E-state index in [-0.39, 0.29) is 24.4 Å². The van der Waals surface area contributed by atoms with Gasteiger partial charge in [-0.1, -0.05) is 23.7 Å². The molecule has 0 radical (unpaired) electrons. The maximum Gasteiger partial charge on any atom is 0.317 e. The summed E-state index contributed by atoms with van der Waals surface area (Å²) >= 11 is 5.89. The summed E-state index contributed by atoms with van der Waals surface area (Å²) in [6, 6.07) is 7.13. The molecular formula is C18H21ClN2O4. The topological polar surface area (TPSA) is 89.7 Å². The number of rotatable bonds is 5. The highest BCUT2D eigenvalue weighted by atomic mass is 35.5. The van der Waals surface area contributed by atoms with Gasteiger partial charge in [0.05, 0.1) is 11.3 Å². The van der Waals surface area contributed by atoms with Crippen LogP contribution in [0.5, 0.6) is 0 Å². The minimum absolute atomic E-state index is 0.286. The number of ether oxygens (including phenoxy) is 1. The Balaban J connectivity index is 1.56. The van der Waals surface area contributed by atoms with Gasteiger partial charge in [0.25, 0.3) is 5.91 Å². The zero-order valence-electron chi connectivity index (χ0n) is 13.9. The molecule has 1 aliphatic heterocycles. The third-order valence-electron chi connectivity index (χ3n) is 5.04. The number of carbonyl (C=O) groups excluding carboxylic acids is 3. The van der Waals surface area contributed by atoms with E-state index in [1.54, 1.807) is 17.0 Å². The Kier molecular flexibility index (Phi) is 4.99. The van der Waals surface area contributed by atoms with Crippen LogP contribution < -0.4 is 5.73 Å². The zero-order chi connectivity index (χ0) is 18.0. The Morgan fingerprint density at radius 3 is 2.52 bits per heavy atom. The molecule has 7 heteroatoms. The first-order valence-electron chi connectivity index (χ1n) is 8.43. The van der Waals surface area contributed by atoms with Gasteiger partial charge in [0.2, 0.25) is 5.91 Å². The Morgan fingerprint density at radius 1 is 1.24 bits per heavy atom. The number of hydrogen-bond acceptors (Lipinski definition) is 4. The number of nitrogens with zero attached hydrogens (tertiary/aromatic N) is 1. The lowest BCUT2D eigenvalue weighted by Crippen LogP contribution is -2.45. The second-order valence-corrected chi connectivity index (χ2v) is 7.18. The third kappa shape index (κ3) is 3.79. The number of nitrogens with two attached hydrogens (primary N) is 1. The molecule has 1 heterocycles. The van der Waals surface area contributed by atoms with Crippen LogP contribution in [-0.4, -0.2) is 42.4 Å². The van der Waals surface area contributed by atoms with Crippen molar-refractivity contribution in [1.29, 1.82) is 0 Å². The molecule has 1 aromatic rings. The van der Waals surface area contributed by atoms with Crippen molar-refractivity contribution in [2.75, 3.05) is 19.7 Å². The number of hydrogen-bond donors (Lipinski definition) is 1. The molecule has 134 valence electrons. The summed E-state index contributed by atoms with van der Waals surface area (Å²) in [5.41, 5.74) is 5.53. The molecule has 1 saturated heterocycles. The van der Waals surface area contributed by atoms with Crippen LogP contribution in [0.2, 0.25) is 5.02 Å². The fraction of sp³-hybridized carbons (Fsp3) is 0.500. The molecule has 3 rings (SSSR count). The van der Waals surface area contributed by atoms with Gasteiger partial charge in [-0.15, -0.1) is 0 Å². The molecule has 1 aromatic carbocycles. The smallest absolute Gasteiger partial charge is 0.317 e. The number of carbonyl (C=O) groups is 3. The highest BCUT2D eigenvalue weighted by Crippen LogP contribution is 2.49. The van der Waals surface area contributed by atoms with E-state index in [0.29, 0.717) is 37.4 Å². The summed E-state index contributed by atoms with van der Waals surface area (Å²) in [5.74, 6) is -1.38. The van der Waals surface area contributed by atoms with E-state index in [4.69, 9.17) is 22.1 Å². The van der Waals surface area contributed by atoms with E-state index < -0.39 is 11.3 Å². The van der Waals surface area contributed by atoms with Crippen LogP contribution in [-0.2, 0) is 24.5 Å². The van der Waals surface area contributed by atoms with Crippen molar-refractivity contribution in [3.05, 3.63) is 34.9 Å². The SMILES string of the molecule is NC(=O)[C@H]1CCCN(C(=O)COC(=O)C2(c3ccc(Cl)cc3)CC2)C1. The van der Waals surface area contributed by atoms with Gasteiger partial charge >= 0.3 is 5.97 Å². The average Bonchev–Trinajstić information content (AvgIpc) is 3.42. The van der Waals surface area contributed by atoms with Gasteiger partial charge in [-0.2, -0.15) is 0 Å². The van der Waals surface area contributed by atoms with E-state index in [1.807, 2.05) is 12.1 Å². The second kappa shape index (κ2) is 7.04. The van der Waals surface area contributed by atoms with Gasteiger partial charge in [-0.25, -0.2) is 0 Å². The van der Waals surface area contributed by atoms with Crippen molar-refractivity contribution < 1.29 is 19.1 Å². The molecule has 1 aliphatic carbocycles. The number of esters is 1. The monoisotopic (exact) mass is 364 g/mol. The molecule has 6 nitrogen and oxygen atoms in total. The van der Waals surface area contributed by atoms with Crippen LogP contribution in [0.3, 0.4) is 0 Å². The minimum atomic E-state index is -0.650. The van der Waals surface area contributed by atoms with Crippen molar-refractivity contribution in [1.82, 2.24) is 4.90 Å². The first-order chi connectivity index (χ1) is 11.9. The van der Waals surface area contributed by atoms with Crippen LogP contribution in [0.25, 0.3) is 0 Å². The summed E-state index contributed by atoms with van der Waals surface area (Å²) < 4.78 is 5.29. The van der Waals surface area contributed by atoms with Crippen LogP contribution >= 0.6 is 11.6 Å². The van der Waals surface area contributed by atoms with Crippen molar-refractivity contribution in [2.45, 2.75) is 31.1 Å². The predicted octanol–water partition coefficient (Wildman–Crippen LogP) is 1.64. The van der Waals surface area contributed by atoms with Crippen molar-refractivity contribution >= 4 is 29.4 Å². The number of amides is 2. The molecule has 0 aromatic heterocycles. The largest absolute Gasteiger partial charge is 0.455 e. The lowest BCUT2D eigenvalue weighted by molar-refractivity contribution is -0.155. The van der Waals surface area contributed by atoms with E-state index in [9.17, 15) is 14.4 Å². The van der Waals surface area contributed by atoms with E-state index in [2.05, 4.69) is 0 Å². The van der Waals surface area contributed by atoms with Gasteiger partial charge < -0.3 is 15.4 Å². The normalized spacial score (nSPS) is 21.5. The fourth-order valence-corrected chi connectivity index (χ4v) is 3.42. The second-order valence-electron chi connectivity index (χ2n) is 6.75. The molecule has 2 aliphatic rings. The lowest BCUT2D eigenvalue weighted by Gasteiger charge is -2.31. The van der Waals surface area contributed by atoms with Crippen LogP contribution in [0.1, 0.15) is 31.2 Å². The average molecular weight is 365 g/mol. The number of benzene rings is 1. The summed E-state index contributed by atoms with van der Waals surface area (Å²) in [6.07, 6.45) is 2.82. The molecule has 2 fully saturated rings. The quantitative estimate of drug-likeness (QED) is 0.804. The Labute approximate surface area is 151 Å². The van der Waals surface area contributed by atoms with Crippen molar-refractivity contribution in [3.8, 4) is 0 Å². The van der Waals surface area contributed by atoms with Gasteiger partial charge in [-0.05, 0) is 43.4 Å². The third-order valence-corrected chi connectivity index (χ3v) is 5.29. The van der Waals surface area contributed by atoms with Gasteiger partial charge in [0.1, 0.15) is 0 Å². The number of primary amides is 1. The molecule has 1 saturated carbocycles. The molecule has 0 bridgehead atoms. The first-order valence-corrected chi connectivity index (χ1v) is 8.80. The van der Waals surface area contributed by atoms with Gasteiger partial charge in [-0.3, -0.25) is 14.4 Å². The summed E-state index contributed by atoms with van der Waals surface area (Å²) in [4.78, 5) is 37.6. The molecule has 1 atom stereocenters. The van der Waals surface area contributed by atoms with E-state index >= 15 is 0 Å². The summed E-state index contributed by atoms with van der Waals surface area (Å²) in [7, 11) is 0.